The molecule has 5 aliphatic rings. The Hall–Kier alpha value is -1.87. The molecule has 10 nitrogen and oxygen atoms in total. The molecule has 2 N–H and O–H groups in total. The van der Waals surface area contributed by atoms with Gasteiger partial charge in [0, 0.05) is 66.6 Å². The fraction of sp³-hybridized carbons (Fsp3) is 0.818. The number of likely N-dealkylation sites (tertiary alicyclic amines) is 1. The lowest BCUT2D eigenvalue weighted by Crippen LogP contribution is -2.57. The molecule has 9 atom stereocenters. The minimum atomic E-state index is -4.29. The number of nitrogens with one attached hydrogen (secondary N) is 1. The van der Waals surface area contributed by atoms with Crippen LogP contribution in [0.25, 0.3) is 0 Å². The second-order valence-electron chi connectivity index (χ2n) is 14.6. The Labute approximate surface area is 288 Å². The summed E-state index contributed by atoms with van der Waals surface area (Å²) in [6.45, 7) is 3.77. The zero-order chi connectivity index (χ0) is 34.5. The first-order chi connectivity index (χ1) is 22.7. The van der Waals surface area contributed by atoms with Gasteiger partial charge in [0.2, 0.25) is 5.91 Å². The molecule has 0 radical (unpaired) electrons. The number of carbonyl (C=O) groups is 2. The molecule has 1 amide bonds. The number of alkyl halides is 4. The van der Waals surface area contributed by atoms with Crippen LogP contribution in [0.1, 0.15) is 56.1 Å². The molecule has 6 rings (SSSR count). The molecular weight excluding hydrogens is 671 g/mol. The molecule has 268 valence electrons. The maximum absolute atomic E-state index is 13.8. The van der Waals surface area contributed by atoms with E-state index in [9.17, 15) is 32.7 Å². The molecule has 4 heterocycles. The smallest absolute Gasteiger partial charge is 0.401 e. The first-order valence-electron chi connectivity index (χ1n) is 17.2. The van der Waals surface area contributed by atoms with Gasteiger partial charge in [-0.05, 0) is 64.2 Å². The van der Waals surface area contributed by atoms with E-state index in [-0.39, 0.29) is 71.2 Å². The van der Waals surface area contributed by atoms with Crippen LogP contribution < -0.4 is 10.9 Å². The number of hydrogen-bond donors (Lipinski definition) is 2. The molecule has 0 bridgehead atoms. The SMILES string of the molecule is Cc1nc2c(c(=O)n1CCOC1CCC(Cl)CC1C1CC(C)NC3C(C(=O)O)CSC13)CC(N(C)C(=O)C1CN(CC(F)(F)F)C1)CC2. The van der Waals surface area contributed by atoms with E-state index >= 15 is 0 Å². The number of piperidine rings is 1. The molecule has 1 aromatic rings. The van der Waals surface area contributed by atoms with Gasteiger partial charge in [0.1, 0.15) is 5.82 Å². The molecule has 1 saturated carbocycles. The van der Waals surface area contributed by atoms with Crippen molar-refractivity contribution in [1.29, 1.82) is 0 Å². The highest BCUT2D eigenvalue weighted by atomic mass is 35.5. The van der Waals surface area contributed by atoms with Gasteiger partial charge < -0.3 is 20.1 Å². The number of hydrogen-bond acceptors (Lipinski definition) is 8. The highest BCUT2D eigenvalue weighted by molar-refractivity contribution is 8.00. The van der Waals surface area contributed by atoms with Crippen molar-refractivity contribution in [2.45, 2.75) is 106 Å². The van der Waals surface area contributed by atoms with E-state index in [4.69, 9.17) is 21.3 Å². The van der Waals surface area contributed by atoms with Gasteiger partial charge in [-0.2, -0.15) is 24.9 Å². The Morgan fingerprint density at radius 3 is 2.65 bits per heavy atom. The van der Waals surface area contributed by atoms with E-state index in [0.717, 1.165) is 31.4 Å². The first kappa shape index (κ1) is 35.9. The number of carboxylic acid groups (broad SMARTS) is 1. The summed E-state index contributed by atoms with van der Waals surface area (Å²) in [5.41, 5.74) is 1.20. The quantitative estimate of drug-likeness (QED) is 0.371. The molecule has 3 saturated heterocycles. The number of aromatic nitrogens is 2. The average Bonchev–Trinajstić information content (AvgIpc) is 3.43. The third-order valence-corrected chi connectivity index (χ3v) is 13.3. The van der Waals surface area contributed by atoms with Crippen LogP contribution in [0.2, 0.25) is 0 Å². The van der Waals surface area contributed by atoms with Crippen molar-refractivity contribution in [3.05, 3.63) is 27.4 Å². The Kier molecular flexibility index (Phi) is 10.8. The van der Waals surface area contributed by atoms with Crippen molar-refractivity contribution in [2.24, 2.45) is 23.7 Å². The van der Waals surface area contributed by atoms with Crippen molar-refractivity contribution < 1.29 is 32.6 Å². The number of fused-ring (bicyclic) bond motifs is 2. The van der Waals surface area contributed by atoms with Crippen LogP contribution in [0.15, 0.2) is 4.79 Å². The highest BCUT2D eigenvalue weighted by Gasteiger charge is 2.52. The molecule has 4 fully saturated rings. The normalized spacial score (nSPS) is 34.3. The van der Waals surface area contributed by atoms with Crippen LogP contribution in [0, 0.1) is 30.6 Å². The van der Waals surface area contributed by atoms with Crippen LogP contribution in [0.5, 0.6) is 0 Å². The second kappa shape index (κ2) is 14.4. The number of likely N-dealkylation sites (N-methyl/N-ethyl adjacent to an activating group) is 1. The third kappa shape index (κ3) is 7.57. The Morgan fingerprint density at radius 1 is 1.19 bits per heavy atom. The van der Waals surface area contributed by atoms with E-state index in [2.05, 4.69) is 12.2 Å². The van der Waals surface area contributed by atoms with Gasteiger partial charge in [0.05, 0.1) is 43.3 Å². The van der Waals surface area contributed by atoms with Crippen LogP contribution in [0.3, 0.4) is 0 Å². The molecule has 0 spiro atoms. The molecule has 3 aliphatic heterocycles. The lowest BCUT2D eigenvalue weighted by molar-refractivity contribution is -0.167. The van der Waals surface area contributed by atoms with Crippen molar-refractivity contribution >= 4 is 35.2 Å². The van der Waals surface area contributed by atoms with Gasteiger partial charge in [0.15, 0.2) is 0 Å². The molecule has 48 heavy (non-hydrogen) atoms. The zero-order valence-electron chi connectivity index (χ0n) is 27.8. The number of carbonyl (C=O) groups excluding carboxylic acids is 1. The first-order valence-corrected chi connectivity index (χ1v) is 18.7. The van der Waals surface area contributed by atoms with Crippen LogP contribution in [0.4, 0.5) is 13.2 Å². The summed E-state index contributed by atoms with van der Waals surface area (Å²) in [4.78, 5) is 46.5. The summed E-state index contributed by atoms with van der Waals surface area (Å²) in [5.74, 6) is -0.108. The van der Waals surface area contributed by atoms with Crippen LogP contribution in [-0.4, -0.2) is 116 Å². The second-order valence-corrected chi connectivity index (χ2v) is 16.4. The molecule has 2 aliphatic carbocycles. The third-order valence-electron chi connectivity index (χ3n) is 11.4. The standard InChI is InChI=1S/C33H47ClF3N5O5S/c1-17-10-23(29-28(38-17)25(15-48-29)32(45)46)22-11-20(34)4-7-27(22)47-9-8-42-18(2)39-26-6-5-21(12-24(26)31(42)44)40(3)30(43)19-13-41(14-19)16-33(35,36)37/h17,19-23,25,27-29,38H,4-16H2,1-3H3,(H,45,46). The summed E-state index contributed by atoms with van der Waals surface area (Å²) < 4.78 is 46.3. The summed E-state index contributed by atoms with van der Waals surface area (Å²) >= 11 is 8.47. The number of nitrogens with zero attached hydrogens (tertiary/aromatic N) is 4. The van der Waals surface area contributed by atoms with Gasteiger partial charge in [-0.3, -0.25) is 23.9 Å². The van der Waals surface area contributed by atoms with E-state index in [0.29, 0.717) is 49.6 Å². The summed E-state index contributed by atoms with van der Waals surface area (Å²) in [5, 5.41) is 13.6. The monoisotopic (exact) mass is 717 g/mol. The minimum Gasteiger partial charge on any atom is -0.481 e. The fourth-order valence-corrected chi connectivity index (χ4v) is 11.0. The van der Waals surface area contributed by atoms with Crippen molar-refractivity contribution in [3.8, 4) is 0 Å². The Balaban J connectivity index is 1.09. The number of aliphatic carboxylic acids is 1. The average molecular weight is 718 g/mol. The highest BCUT2D eigenvalue weighted by Crippen LogP contribution is 2.48. The number of rotatable bonds is 9. The number of carboxylic acids is 1. The van der Waals surface area contributed by atoms with Crippen molar-refractivity contribution in [1.82, 2.24) is 24.7 Å². The number of amides is 1. The summed E-state index contributed by atoms with van der Waals surface area (Å²) in [6, 6.07) is -0.0938. The molecule has 9 unspecified atom stereocenters. The lowest BCUT2D eigenvalue weighted by Gasteiger charge is -2.47. The lowest BCUT2D eigenvalue weighted by atomic mass is 9.70. The Bertz CT molecular complexity index is 1430. The van der Waals surface area contributed by atoms with Gasteiger partial charge in [0.25, 0.3) is 5.56 Å². The van der Waals surface area contributed by atoms with Gasteiger partial charge in [-0.15, -0.1) is 11.6 Å². The van der Waals surface area contributed by atoms with Gasteiger partial charge in [-0.1, -0.05) is 0 Å². The maximum atomic E-state index is 13.8. The predicted molar refractivity (Wildman–Crippen MR) is 176 cm³/mol. The number of ether oxygens (including phenoxy) is 1. The summed E-state index contributed by atoms with van der Waals surface area (Å²) in [7, 11) is 1.68. The van der Waals surface area contributed by atoms with Crippen LogP contribution in [-0.2, 0) is 33.7 Å². The number of halogens is 4. The van der Waals surface area contributed by atoms with E-state index < -0.39 is 30.5 Å². The molecule has 15 heteroatoms. The van der Waals surface area contributed by atoms with Crippen molar-refractivity contribution in [3.63, 3.8) is 0 Å². The topological polar surface area (TPSA) is 117 Å². The van der Waals surface area contributed by atoms with Gasteiger partial charge >= 0.3 is 12.1 Å². The predicted octanol–water partition coefficient (Wildman–Crippen LogP) is 3.34. The summed E-state index contributed by atoms with van der Waals surface area (Å²) in [6.07, 6.45) is 0.641. The van der Waals surface area contributed by atoms with Crippen LogP contribution >= 0.6 is 23.4 Å². The molecule has 0 aromatic carbocycles. The van der Waals surface area contributed by atoms with Gasteiger partial charge in [-0.25, -0.2) is 4.98 Å². The van der Waals surface area contributed by atoms with E-state index in [1.807, 2.05) is 6.92 Å². The van der Waals surface area contributed by atoms with E-state index in [1.165, 1.54) is 4.90 Å². The number of aryl methyl sites for hydroxylation is 2. The minimum absolute atomic E-state index is 0.0374. The largest absolute Gasteiger partial charge is 0.481 e. The molecular formula is C33H47ClF3N5O5S. The fourth-order valence-electron chi connectivity index (χ4n) is 8.89. The Morgan fingerprint density at radius 2 is 1.94 bits per heavy atom. The number of thioether (sulfide) groups is 1. The van der Waals surface area contributed by atoms with Crippen molar-refractivity contribution in [2.75, 3.05) is 39.0 Å². The molecule has 1 aromatic heterocycles. The zero-order valence-corrected chi connectivity index (χ0v) is 29.3. The van der Waals surface area contributed by atoms with E-state index in [1.54, 1.807) is 28.3 Å². The maximum Gasteiger partial charge on any atom is 0.401 e.